The number of anilines is 3. The number of rotatable bonds is 6. The molecule has 0 aliphatic carbocycles. The van der Waals surface area contributed by atoms with Gasteiger partial charge in [-0.1, -0.05) is 109 Å². The molecule has 0 unspecified atom stereocenters. The number of hydrogen-bond acceptors (Lipinski definition) is 1. The van der Waals surface area contributed by atoms with Gasteiger partial charge in [0.25, 0.3) is 0 Å². The minimum absolute atomic E-state index is 1.15. The summed E-state index contributed by atoms with van der Waals surface area (Å²) in [4.78, 5) is 2.35. The average molecular weight is 452 g/mol. The molecule has 5 aromatic carbocycles. The van der Waals surface area contributed by atoms with Gasteiger partial charge in [0.1, 0.15) is 0 Å². The van der Waals surface area contributed by atoms with E-state index < -0.39 is 0 Å². The maximum absolute atomic E-state index is 2.35. The summed E-state index contributed by atoms with van der Waals surface area (Å²) in [6.45, 7) is 4.34. The van der Waals surface area contributed by atoms with Crippen LogP contribution >= 0.6 is 0 Å². The van der Waals surface area contributed by atoms with E-state index in [2.05, 4.69) is 158 Å². The molecule has 0 atom stereocenters. The highest BCUT2D eigenvalue weighted by Crippen LogP contribution is 2.38. The highest BCUT2D eigenvalue weighted by molar-refractivity contribution is 5.91. The van der Waals surface area contributed by atoms with E-state index in [4.69, 9.17) is 0 Å². The lowest BCUT2D eigenvalue weighted by atomic mass is 9.95. The zero-order valence-corrected chi connectivity index (χ0v) is 20.2. The van der Waals surface area contributed by atoms with E-state index in [1.54, 1.807) is 0 Å². The van der Waals surface area contributed by atoms with Gasteiger partial charge in [-0.3, -0.25) is 0 Å². The van der Waals surface area contributed by atoms with Crippen molar-refractivity contribution in [2.24, 2.45) is 0 Å². The Balaban J connectivity index is 1.58. The Morgan fingerprint density at radius 3 is 1.37 bits per heavy atom. The summed E-state index contributed by atoms with van der Waals surface area (Å²) in [5.41, 5.74) is 10.8. The van der Waals surface area contributed by atoms with Crippen molar-refractivity contribution in [1.82, 2.24) is 0 Å². The third kappa shape index (κ3) is 4.95. The topological polar surface area (TPSA) is 3.24 Å². The van der Waals surface area contributed by atoms with Crippen LogP contribution in [0.15, 0.2) is 133 Å². The van der Waals surface area contributed by atoms with Gasteiger partial charge in [-0.25, -0.2) is 0 Å². The molecule has 0 radical (unpaired) electrons. The van der Waals surface area contributed by atoms with Crippen LogP contribution in [0.5, 0.6) is 0 Å². The normalized spacial score (nSPS) is 10.6. The molecule has 0 N–H and O–H groups in total. The molecule has 0 saturated heterocycles. The smallest absolute Gasteiger partial charge is 0.0490 e. The van der Waals surface area contributed by atoms with Crippen molar-refractivity contribution in [3.05, 3.63) is 161 Å². The van der Waals surface area contributed by atoms with Crippen molar-refractivity contribution in [1.29, 1.82) is 0 Å². The minimum atomic E-state index is 1.15. The van der Waals surface area contributed by atoms with Crippen molar-refractivity contribution in [3.63, 3.8) is 0 Å². The lowest BCUT2D eigenvalue weighted by molar-refractivity contribution is 1.22. The van der Waals surface area contributed by atoms with Crippen molar-refractivity contribution in [3.8, 4) is 0 Å². The predicted octanol–water partition coefficient (Wildman–Crippen LogP) is 9.36. The summed E-state index contributed by atoms with van der Waals surface area (Å²) in [6.07, 6.45) is 2.28. The molecule has 0 aliphatic rings. The van der Waals surface area contributed by atoms with Gasteiger partial charge in [0.05, 0.1) is 0 Å². The maximum atomic E-state index is 2.35. The number of benzene rings is 5. The molecule has 35 heavy (non-hydrogen) atoms. The SMILES string of the molecule is Cc1ccccc1N(c1ccc(C=C(c2ccccc2)c2ccccc2)cc1)c1ccccc1C. The summed E-state index contributed by atoms with van der Waals surface area (Å²) < 4.78 is 0. The van der Waals surface area contributed by atoms with Crippen molar-refractivity contribution in [2.75, 3.05) is 4.90 Å². The lowest BCUT2D eigenvalue weighted by Gasteiger charge is -2.28. The van der Waals surface area contributed by atoms with E-state index in [0.717, 1.165) is 5.69 Å². The fourth-order valence-corrected chi connectivity index (χ4v) is 4.49. The minimum Gasteiger partial charge on any atom is -0.310 e. The maximum Gasteiger partial charge on any atom is 0.0490 e. The van der Waals surface area contributed by atoms with Crippen LogP contribution in [0.1, 0.15) is 27.8 Å². The number of nitrogens with zero attached hydrogens (tertiary/aromatic N) is 1. The molecule has 0 spiro atoms. The zero-order valence-electron chi connectivity index (χ0n) is 20.2. The van der Waals surface area contributed by atoms with E-state index in [1.807, 2.05) is 0 Å². The second kappa shape index (κ2) is 10.3. The molecule has 1 nitrogen and oxygen atoms in total. The van der Waals surface area contributed by atoms with E-state index in [0.29, 0.717) is 0 Å². The van der Waals surface area contributed by atoms with E-state index >= 15 is 0 Å². The van der Waals surface area contributed by atoms with Gasteiger partial charge in [0, 0.05) is 17.1 Å². The molecular formula is C34H29N. The molecule has 0 aromatic heterocycles. The summed E-state index contributed by atoms with van der Waals surface area (Å²) in [7, 11) is 0. The van der Waals surface area contributed by atoms with Crippen molar-refractivity contribution < 1.29 is 0 Å². The van der Waals surface area contributed by atoms with E-state index in [9.17, 15) is 0 Å². The Labute approximate surface area is 208 Å². The third-order valence-electron chi connectivity index (χ3n) is 6.34. The van der Waals surface area contributed by atoms with Crippen LogP contribution in [-0.4, -0.2) is 0 Å². The summed E-state index contributed by atoms with van der Waals surface area (Å²) in [6, 6.07) is 47.2. The van der Waals surface area contributed by atoms with Crippen molar-refractivity contribution >= 4 is 28.7 Å². The van der Waals surface area contributed by atoms with Gasteiger partial charge in [-0.05, 0) is 77.6 Å². The zero-order chi connectivity index (χ0) is 24.0. The first-order chi connectivity index (χ1) is 17.2. The molecule has 5 rings (SSSR count). The Bertz CT molecular complexity index is 1340. The first kappa shape index (κ1) is 22.4. The molecule has 0 saturated carbocycles. The Morgan fingerprint density at radius 1 is 0.486 bits per heavy atom. The number of aryl methyl sites for hydroxylation is 2. The van der Waals surface area contributed by atoms with Crippen LogP contribution < -0.4 is 4.90 Å². The molecule has 0 amide bonds. The van der Waals surface area contributed by atoms with Gasteiger partial charge in [0.15, 0.2) is 0 Å². The Hall–Kier alpha value is -4.36. The standard InChI is InChI=1S/C34H29N/c1-26-13-9-11-19-33(26)35(34-20-12-10-14-27(34)2)31-23-21-28(22-24-31)25-32(29-15-5-3-6-16-29)30-17-7-4-8-18-30/h3-25H,1-2H3. The molecule has 1 heteroatoms. The van der Waals surface area contributed by atoms with Crippen LogP contribution in [-0.2, 0) is 0 Å². The van der Waals surface area contributed by atoms with Gasteiger partial charge < -0.3 is 4.90 Å². The molecule has 0 fully saturated rings. The first-order valence-corrected chi connectivity index (χ1v) is 12.0. The number of hydrogen-bond donors (Lipinski definition) is 0. The molecule has 0 heterocycles. The molecule has 0 bridgehead atoms. The van der Waals surface area contributed by atoms with Crippen LogP contribution in [0.2, 0.25) is 0 Å². The van der Waals surface area contributed by atoms with Crippen LogP contribution in [0, 0.1) is 13.8 Å². The van der Waals surface area contributed by atoms with Crippen LogP contribution in [0.25, 0.3) is 11.6 Å². The Morgan fingerprint density at radius 2 is 0.914 bits per heavy atom. The highest BCUT2D eigenvalue weighted by atomic mass is 15.1. The Kier molecular flexibility index (Phi) is 6.59. The fourth-order valence-electron chi connectivity index (χ4n) is 4.49. The lowest BCUT2D eigenvalue weighted by Crippen LogP contribution is -2.12. The van der Waals surface area contributed by atoms with Gasteiger partial charge in [-0.2, -0.15) is 0 Å². The first-order valence-electron chi connectivity index (χ1n) is 12.0. The summed E-state index contributed by atoms with van der Waals surface area (Å²) in [5.74, 6) is 0. The largest absolute Gasteiger partial charge is 0.310 e. The molecular weight excluding hydrogens is 422 g/mol. The molecule has 0 aliphatic heterocycles. The van der Waals surface area contributed by atoms with Crippen molar-refractivity contribution in [2.45, 2.75) is 13.8 Å². The predicted molar refractivity (Wildman–Crippen MR) is 150 cm³/mol. The van der Waals surface area contributed by atoms with Gasteiger partial charge in [0.2, 0.25) is 0 Å². The average Bonchev–Trinajstić information content (AvgIpc) is 2.91. The van der Waals surface area contributed by atoms with E-state index in [-0.39, 0.29) is 0 Å². The molecule has 5 aromatic rings. The quantitative estimate of drug-likeness (QED) is 0.232. The van der Waals surface area contributed by atoms with Gasteiger partial charge in [-0.15, -0.1) is 0 Å². The molecule has 170 valence electrons. The highest BCUT2D eigenvalue weighted by Gasteiger charge is 2.16. The summed E-state index contributed by atoms with van der Waals surface area (Å²) >= 11 is 0. The third-order valence-corrected chi connectivity index (χ3v) is 6.34. The monoisotopic (exact) mass is 451 g/mol. The van der Waals surface area contributed by atoms with E-state index in [1.165, 1.54) is 44.8 Å². The second-order valence-corrected chi connectivity index (χ2v) is 8.79. The number of para-hydroxylation sites is 2. The van der Waals surface area contributed by atoms with Gasteiger partial charge >= 0.3 is 0 Å². The van der Waals surface area contributed by atoms with Crippen LogP contribution in [0.3, 0.4) is 0 Å². The van der Waals surface area contributed by atoms with Crippen LogP contribution in [0.4, 0.5) is 17.1 Å². The fraction of sp³-hybridized carbons (Fsp3) is 0.0588. The summed E-state index contributed by atoms with van der Waals surface area (Å²) in [5, 5.41) is 0. The second-order valence-electron chi connectivity index (χ2n) is 8.79.